The number of hydrogen-bond donors (Lipinski definition) is 2. The van der Waals surface area contributed by atoms with Crippen molar-refractivity contribution in [3.8, 4) is 0 Å². The summed E-state index contributed by atoms with van der Waals surface area (Å²) in [6.45, 7) is 10.8. The number of nitrogens with zero attached hydrogens (tertiary/aromatic N) is 3. The van der Waals surface area contributed by atoms with E-state index in [9.17, 15) is 0 Å². The van der Waals surface area contributed by atoms with Crippen LogP contribution in [0.5, 0.6) is 0 Å². The van der Waals surface area contributed by atoms with E-state index in [2.05, 4.69) is 72.7 Å². The first-order chi connectivity index (χ1) is 12.6. The average molecular weight is 358 g/mol. The summed E-state index contributed by atoms with van der Waals surface area (Å²) in [7, 11) is 0. The van der Waals surface area contributed by atoms with Gasteiger partial charge in [-0.2, -0.15) is 4.98 Å². The molecule has 0 aliphatic heterocycles. The second-order valence-corrected chi connectivity index (χ2v) is 6.76. The van der Waals surface area contributed by atoms with Gasteiger partial charge in [-0.25, -0.2) is 0 Å². The lowest BCUT2D eigenvalue weighted by molar-refractivity contribution is 0.368. The quantitative estimate of drug-likeness (QED) is 0.408. The molecule has 0 saturated carbocycles. The molecule has 0 bridgehead atoms. The van der Waals surface area contributed by atoms with E-state index in [-0.39, 0.29) is 0 Å². The Balaban J connectivity index is 1.77. The van der Waals surface area contributed by atoms with Crippen LogP contribution in [0.15, 0.2) is 39.8 Å². The molecule has 6 heteroatoms. The van der Waals surface area contributed by atoms with E-state index >= 15 is 0 Å². The van der Waals surface area contributed by atoms with Crippen molar-refractivity contribution >= 4 is 5.96 Å². The van der Waals surface area contributed by atoms with Gasteiger partial charge in [-0.1, -0.05) is 56.3 Å². The van der Waals surface area contributed by atoms with Crippen molar-refractivity contribution in [1.29, 1.82) is 0 Å². The average Bonchev–Trinajstić information content (AvgIpc) is 3.13. The maximum Gasteiger partial charge on any atom is 0.226 e. The highest BCUT2D eigenvalue weighted by molar-refractivity contribution is 5.79. The molecular formula is C20H31N5O. The Bertz CT molecular complexity index is 666. The lowest BCUT2D eigenvalue weighted by atomic mass is 10.0. The maximum absolute atomic E-state index is 5.27. The second kappa shape index (κ2) is 10.6. The summed E-state index contributed by atoms with van der Waals surface area (Å²) >= 11 is 0. The topological polar surface area (TPSA) is 75.3 Å². The van der Waals surface area contributed by atoms with E-state index in [4.69, 9.17) is 9.52 Å². The van der Waals surface area contributed by atoms with Gasteiger partial charge in [0, 0.05) is 37.9 Å². The highest BCUT2D eigenvalue weighted by Gasteiger charge is 2.09. The van der Waals surface area contributed by atoms with Crippen molar-refractivity contribution in [2.75, 3.05) is 19.6 Å². The van der Waals surface area contributed by atoms with Gasteiger partial charge in [-0.3, -0.25) is 4.99 Å². The van der Waals surface area contributed by atoms with Crippen LogP contribution in [0, 0.1) is 0 Å². The van der Waals surface area contributed by atoms with Gasteiger partial charge in [0.25, 0.3) is 0 Å². The van der Waals surface area contributed by atoms with Crippen molar-refractivity contribution in [3.63, 3.8) is 0 Å². The van der Waals surface area contributed by atoms with Gasteiger partial charge in [-0.15, -0.1) is 0 Å². The first-order valence-corrected chi connectivity index (χ1v) is 9.49. The van der Waals surface area contributed by atoms with Crippen LogP contribution in [0.1, 0.15) is 63.2 Å². The fourth-order valence-corrected chi connectivity index (χ4v) is 2.51. The molecule has 1 heterocycles. The lowest BCUT2D eigenvalue weighted by Crippen LogP contribution is -2.38. The summed E-state index contributed by atoms with van der Waals surface area (Å²) in [5, 5.41) is 10.7. The Morgan fingerprint density at radius 1 is 1.15 bits per heavy atom. The molecule has 1 unspecified atom stereocenters. The zero-order chi connectivity index (χ0) is 18.8. The van der Waals surface area contributed by atoms with Crippen molar-refractivity contribution in [3.05, 3.63) is 47.6 Å². The van der Waals surface area contributed by atoms with Crippen LogP contribution in [-0.2, 0) is 6.42 Å². The Hall–Kier alpha value is -2.37. The molecule has 1 atom stereocenters. The van der Waals surface area contributed by atoms with Gasteiger partial charge >= 0.3 is 0 Å². The smallest absolute Gasteiger partial charge is 0.226 e. The molecule has 0 spiro atoms. The van der Waals surface area contributed by atoms with E-state index in [1.807, 2.05) is 6.07 Å². The SMILES string of the molecule is CCNC(=NCC(C)c1ccccc1)NCCCc1nc(C(C)C)no1. The van der Waals surface area contributed by atoms with Crippen LogP contribution in [0.25, 0.3) is 0 Å². The number of aryl methyl sites for hydroxylation is 1. The van der Waals surface area contributed by atoms with Crippen molar-refractivity contribution in [2.45, 2.75) is 52.4 Å². The van der Waals surface area contributed by atoms with Gasteiger partial charge in [0.1, 0.15) is 0 Å². The monoisotopic (exact) mass is 357 g/mol. The molecule has 0 aliphatic rings. The van der Waals surface area contributed by atoms with Crippen molar-refractivity contribution in [1.82, 2.24) is 20.8 Å². The second-order valence-electron chi connectivity index (χ2n) is 6.76. The summed E-state index contributed by atoms with van der Waals surface area (Å²) in [4.78, 5) is 9.11. The lowest BCUT2D eigenvalue weighted by Gasteiger charge is -2.13. The largest absolute Gasteiger partial charge is 0.357 e. The van der Waals surface area contributed by atoms with Crippen LogP contribution >= 0.6 is 0 Å². The molecule has 1 aromatic heterocycles. The Labute approximate surface area is 156 Å². The summed E-state index contributed by atoms with van der Waals surface area (Å²) < 4.78 is 5.27. The molecule has 2 rings (SSSR count). The normalized spacial score (nSPS) is 13.0. The molecule has 0 fully saturated rings. The molecule has 142 valence electrons. The van der Waals surface area contributed by atoms with Gasteiger partial charge in [0.2, 0.25) is 5.89 Å². The number of nitrogens with one attached hydrogen (secondary N) is 2. The molecule has 0 amide bonds. The Morgan fingerprint density at radius 2 is 1.92 bits per heavy atom. The van der Waals surface area contributed by atoms with Gasteiger partial charge in [-0.05, 0) is 18.9 Å². The third kappa shape index (κ3) is 6.50. The van der Waals surface area contributed by atoms with E-state index in [0.717, 1.165) is 44.3 Å². The predicted molar refractivity (Wildman–Crippen MR) is 106 cm³/mol. The number of aliphatic imine (C=N–C) groups is 1. The summed E-state index contributed by atoms with van der Waals surface area (Å²) in [6.07, 6.45) is 1.69. The highest BCUT2D eigenvalue weighted by Crippen LogP contribution is 2.14. The van der Waals surface area contributed by atoms with Crippen LogP contribution in [-0.4, -0.2) is 35.7 Å². The molecule has 0 aliphatic carbocycles. The maximum atomic E-state index is 5.27. The molecule has 2 aromatic rings. The zero-order valence-corrected chi connectivity index (χ0v) is 16.3. The van der Waals surface area contributed by atoms with Gasteiger partial charge < -0.3 is 15.2 Å². The van der Waals surface area contributed by atoms with E-state index in [0.29, 0.717) is 17.7 Å². The minimum absolute atomic E-state index is 0.296. The third-order valence-electron chi connectivity index (χ3n) is 4.10. The molecule has 1 aromatic carbocycles. The minimum atomic E-state index is 0.296. The standard InChI is InChI=1S/C20H31N5O/c1-5-21-20(23-14-16(4)17-10-7-6-8-11-17)22-13-9-12-18-24-19(15(2)3)25-26-18/h6-8,10-11,15-16H,5,9,12-14H2,1-4H3,(H2,21,22,23). The van der Waals surface area contributed by atoms with E-state index in [1.165, 1.54) is 5.56 Å². The third-order valence-corrected chi connectivity index (χ3v) is 4.10. The van der Waals surface area contributed by atoms with Crippen molar-refractivity contribution in [2.24, 2.45) is 4.99 Å². The molecule has 0 radical (unpaired) electrons. The Kier molecular flexibility index (Phi) is 8.12. The van der Waals surface area contributed by atoms with Crippen LogP contribution in [0.2, 0.25) is 0 Å². The van der Waals surface area contributed by atoms with E-state index < -0.39 is 0 Å². The summed E-state index contributed by atoms with van der Waals surface area (Å²) in [5.41, 5.74) is 1.31. The predicted octanol–water partition coefficient (Wildman–Crippen LogP) is 3.48. The van der Waals surface area contributed by atoms with Crippen LogP contribution in [0.3, 0.4) is 0 Å². The molecule has 2 N–H and O–H groups in total. The number of guanidine groups is 1. The zero-order valence-electron chi connectivity index (χ0n) is 16.3. The number of rotatable bonds is 9. The molecule has 6 nitrogen and oxygen atoms in total. The Morgan fingerprint density at radius 3 is 2.58 bits per heavy atom. The molecule has 0 saturated heterocycles. The molecular weight excluding hydrogens is 326 g/mol. The minimum Gasteiger partial charge on any atom is -0.357 e. The number of aromatic nitrogens is 2. The summed E-state index contributed by atoms with van der Waals surface area (Å²) in [6, 6.07) is 10.5. The summed E-state index contributed by atoms with van der Waals surface area (Å²) in [5.74, 6) is 3.01. The van der Waals surface area contributed by atoms with Gasteiger partial charge in [0.15, 0.2) is 11.8 Å². The number of benzene rings is 1. The number of hydrogen-bond acceptors (Lipinski definition) is 4. The van der Waals surface area contributed by atoms with Gasteiger partial charge in [0.05, 0.1) is 0 Å². The van der Waals surface area contributed by atoms with E-state index in [1.54, 1.807) is 0 Å². The highest BCUT2D eigenvalue weighted by atomic mass is 16.5. The van der Waals surface area contributed by atoms with Crippen molar-refractivity contribution < 1.29 is 4.52 Å². The van der Waals surface area contributed by atoms with Crippen LogP contribution in [0.4, 0.5) is 0 Å². The first-order valence-electron chi connectivity index (χ1n) is 9.49. The fraction of sp³-hybridized carbons (Fsp3) is 0.550. The molecule has 26 heavy (non-hydrogen) atoms. The fourth-order valence-electron chi connectivity index (χ4n) is 2.51. The van der Waals surface area contributed by atoms with Crippen LogP contribution < -0.4 is 10.6 Å². The first kappa shape index (κ1) is 19.9.